The number of benzene rings is 1. The number of hydrogen-bond acceptors (Lipinski definition) is 2. The molecule has 116 valence electrons. The Morgan fingerprint density at radius 1 is 1.24 bits per heavy atom. The number of nitrogens with zero attached hydrogens (tertiary/aromatic N) is 1. The monoisotopic (exact) mass is 310 g/mol. The molecule has 0 spiro atoms. The van der Waals surface area contributed by atoms with Crippen molar-refractivity contribution in [3.63, 3.8) is 0 Å². The Morgan fingerprint density at radius 3 is 2.76 bits per heavy atom. The SMILES string of the molecule is NCC(c1ccc(Cl)c(F)c1)N1CCC[C@H]2CCCC[C@H]21. The second-order valence-corrected chi connectivity index (χ2v) is 6.82. The van der Waals surface area contributed by atoms with Crippen LogP contribution in [0.4, 0.5) is 4.39 Å². The summed E-state index contributed by atoms with van der Waals surface area (Å²) in [4.78, 5) is 2.54. The predicted molar refractivity (Wildman–Crippen MR) is 84.9 cm³/mol. The van der Waals surface area contributed by atoms with Gasteiger partial charge in [0.15, 0.2) is 0 Å². The van der Waals surface area contributed by atoms with Crippen molar-refractivity contribution in [2.24, 2.45) is 11.7 Å². The minimum atomic E-state index is -0.343. The van der Waals surface area contributed by atoms with Crippen LogP contribution in [0.2, 0.25) is 5.02 Å². The van der Waals surface area contributed by atoms with Crippen molar-refractivity contribution in [1.82, 2.24) is 4.90 Å². The molecule has 1 aromatic carbocycles. The van der Waals surface area contributed by atoms with E-state index in [1.54, 1.807) is 12.1 Å². The van der Waals surface area contributed by atoms with Crippen LogP contribution in [0.1, 0.15) is 50.1 Å². The number of hydrogen-bond donors (Lipinski definition) is 1. The third-order valence-corrected chi connectivity index (χ3v) is 5.54. The van der Waals surface area contributed by atoms with Crippen molar-refractivity contribution < 1.29 is 4.39 Å². The maximum absolute atomic E-state index is 13.8. The molecule has 0 amide bonds. The number of piperidine rings is 1. The fourth-order valence-corrected chi connectivity index (χ4v) is 4.35. The van der Waals surface area contributed by atoms with Crippen molar-refractivity contribution in [3.8, 4) is 0 Å². The minimum Gasteiger partial charge on any atom is -0.329 e. The molecule has 1 aromatic rings. The Labute approximate surface area is 131 Å². The van der Waals surface area contributed by atoms with Gasteiger partial charge >= 0.3 is 0 Å². The van der Waals surface area contributed by atoms with Crippen LogP contribution < -0.4 is 5.73 Å². The van der Waals surface area contributed by atoms with Gasteiger partial charge in [0.2, 0.25) is 0 Å². The van der Waals surface area contributed by atoms with E-state index in [4.69, 9.17) is 17.3 Å². The van der Waals surface area contributed by atoms with Gasteiger partial charge in [-0.1, -0.05) is 30.5 Å². The van der Waals surface area contributed by atoms with E-state index in [0.29, 0.717) is 12.6 Å². The second kappa shape index (κ2) is 6.64. The molecule has 3 atom stereocenters. The largest absolute Gasteiger partial charge is 0.329 e. The van der Waals surface area contributed by atoms with Crippen LogP contribution in [0.5, 0.6) is 0 Å². The first-order chi connectivity index (χ1) is 10.2. The fraction of sp³-hybridized carbons (Fsp3) is 0.647. The molecule has 21 heavy (non-hydrogen) atoms. The highest BCUT2D eigenvalue weighted by Crippen LogP contribution is 2.39. The van der Waals surface area contributed by atoms with E-state index in [1.807, 2.05) is 6.07 Å². The van der Waals surface area contributed by atoms with Crippen LogP contribution in [0.3, 0.4) is 0 Å². The summed E-state index contributed by atoms with van der Waals surface area (Å²) in [6.45, 7) is 1.61. The number of nitrogens with two attached hydrogens (primary N) is 1. The number of halogens is 2. The zero-order valence-electron chi connectivity index (χ0n) is 12.4. The highest BCUT2D eigenvalue weighted by molar-refractivity contribution is 6.30. The number of likely N-dealkylation sites (tertiary alicyclic amines) is 1. The van der Waals surface area contributed by atoms with E-state index >= 15 is 0 Å². The Kier molecular flexibility index (Phi) is 4.82. The molecule has 1 aliphatic heterocycles. The lowest BCUT2D eigenvalue weighted by Crippen LogP contribution is -2.50. The number of rotatable bonds is 3. The molecular formula is C17H24ClFN2. The third kappa shape index (κ3) is 3.10. The van der Waals surface area contributed by atoms with Gasteiger partial charge in [-0.2, -0.15) is 0 Å². The van der Waals surface area contributed by atoms with Gasteiger partial charge in [0.05, 0.1) is 5.02 Å². The second-order valence-electron chi connectivity index (χ2n) is 6.42. The average molecular weight is 311 g/mol. The van der Waals surface area contributed by atoms with Crippen LogP contribution in [-0.2, 0) is 0 Å². The maximum Gasteiger partial charge on any atom is 0.142 e. The van der Waals surface area contributed by atoms with Crippen molar-refractivity contribution in [3.05, 3.63) is 34.6 Å². The molecule has 2 N–H and O–H groups in total. The summed E-state index contributed by atoms with van der Waals surface area (Å²) in [6, 6.07) is 5.88. The van der Waals surface area contributed by atoms with E-state index in [-0.39, 0.29) is 16.9 Å². The summed E-state index contributed by atoms with van der Waals surface area (Å²) in [7, 11) is 0. The van der Waals surface area contributed by atoms with Gasteiger partial charge < -0.3 is 5.73 Å². The number of fused-ring (bicyclic) bond motifs is 1. The molecule has 2 fully saturated rings. The lowest BCUT2D eigenvalue weighted by Gasteiger charge is -2.47. The van der Waals surface area contributed by atoms with Gasteiger partial charge in [-0.05, 0) is 55.8 Å². The van der Waals surface area contributed by atoms with Crippen molar-refractivity contribution in [1.29, 1.82) is 0 Å². The molecule has 0 radical (unpaired) electrons. The van der Waals surface area contributed by atoms with E-state index in [2.05, 4.69) is 4.90 Å². The summed E-state index contributed by atoms with van der Waals surface area (Å²) in [5, 5.41) is 0.184. The molecule has 1 heterocycles. The van der Waals surface area contributed by atoms with Gasteiger partial charge in [-0.3, -0.25) is 4.90 Å². The van der Waals surface area contributed by atoms with Gasteiger partial charge in [-0.15, -0.1) is 0 Å². The molecule has 4 heteroatoms. The maximum atomic E-state index is 13.8. The van der Waals surface area contributed by atoms with E-state index in [1.165, 1.54) is 38.5 Å². The average Bonchev–Trinajstić information content (AvgIpc) is 2.52. The molecule has 1 saturated carbocycles. The van der Waals surface area contributed by atoms with Gasteiger partial charge in [0.25, 0.3) is 0 Å². The molecular weight excluding hydrogens is 287 g/mol. The van der Waals surface area contributed by atoms with Crippen LogP contribution in [0, 0.1) is 11.7 Å². The van der Waals surface area contributed by atoms with Crippen LogP contribution >= 0.6 is 11.6 Å². The van der Waals surface area contributed by atoms with Crippen molar-refractivity contribution >= 4 is 11.6 Å². The molecule has 1 aliphatic carbocycles. The van der Waals surface area contributed by atoms with E-state index in [9.17, 15) is 4.39 Å². The highest BCUT2D eigenvalue weighted by atomic mass is 35.5. The molecule has 0 aromatic heterocycles. The standard InChI is InChI=1S/C17H24ClFN2/c18-14-8-7-13(10-15(14)19)17(11-20)21-9-3-5-12-4-1-2-6-16(12)21/h7-8,10,12,16-17H,1-6,9,11,20H2/t12-,16-,17?/m1/s1. The Balaban J connectivity index is 1.85. The lowest BCUT2D eigenvalue weighted by molar-refractivity contribution is 0.0275. The summed E-state index contributed by atoms with van der Waals surface area (Å²) in [6.07, 6.45) is 7.84. The van der Waals surface area contributed by atoms with Gasteiger partial charge in [0, 0.05) is 18.6 Å². The highest BCUT2D eigenvalue weighted by Gasteiger charge is 2.36. The van der Waals surface area contributed by atoms with E-state index < -0.39 is 0 Å². The fourth-order valence-electron chi connectivity index (χ4n) is 4.23. The normalized spacial score (nSPS) is 28.1. The summed E-state index contributed by atoms with van der Waals surface area (Å²) in [5.74, 6) is 0.462. The molecule has 2 nitrogen and oxygen atoms in total. The van der Waals surface area contributed by atoms with E-state index in [0.717, 1.165) is 18.0 Å². The molecule has 3 rings (SSSR count). The predicted octanol–water partition coefficient (Wildman–Crippen LogP) is 4.13. The Bertz CT molecular complexity index is 492. The zero-order chi connectivity index (χ0) is 14.8. The topological polar surface area (TPSA) is 29.3 Å². The molecule has 1 saturated heterocycles. The van der Waals surface area contributed by atoms with Crippen molar-refractivity contribution in [2.75, 3.05) is 13.1 Å². The Hall–Kier alpha value is -0.640. The Morgan fingerprint density at radius 2 is 2.00 bits per heavy atom. The first kappa shape index (κ1) is 15.3. The molecule has 0 bridgehead atoms. The van der Waals surface area contributed by atoms with Crippen LogP contribution in [0.15, 0.2) is 18.2 Å². The zero-order valence-corrected chi connectivity index (χ0v) is 13.2. The third-order valence-electron chi connectivity index (χ3n) is 5.24. The summed E-state index contributed by atoms with van der Waals surface area (Å²) < 4.78 is 13.8. The summed E-state index contributed by atoms with van der Waals surface area (Å²) >= 11 is 5.81. The first-order valence-corrected chi connectivity index (χ1v) is 8.49. The van der Waals surface area contributed by atoms with Crippen LogP contribution in [0.25, 0.3) is 0 Å². The van der Waals surface area contributed by atoms with Gasteiger partial charge in [0.1, 0.15) is 5.82 Å². The van der Waals surface area contributed by atoms with Crippen LogP contribution in [-0.4, -0.2) is 24.0 Å². The van der Waals surface area contributed by atoms with Crippen molar-refractivity contribution in [2.45, 2.75) is 50.6 Å². The minimum absolute atomic E-state index is 0.114. The molecule has 1 unspecified atom stereocenters. The first-order valence-electron chi connectivity index (χ1n) is 8.11. The smallest absolute Gasteiger partial charge is 0.142 e. The quantitative estimate of drug-likeness (QED) is 0.909. The van der Waals surface area contributed by atoms with Gasteiger partial charge in [-0.25, -0.2) is 4.39 Å². The molecule has 2 aliphatic rings. The summed E-state index contributed by atoms with van der Waals surface area (Å²) in [5.41, 5.74) is 7.01. The lowest BCUT2D eigenvalue weighted by atomic mass is 9.77.